The normalized spacial score (nSPS) is 16.9. The second-order valence-corrected chi connectivity index (χ2v) is 4.37. The maximum Gasteiger partial charge on any atom is 0.319 e. The standard InChI is InChI=1S/C10H14N2OS/c13-10(11-8-3-1-2-4-8)12-9-5-6-14-7-9/h5-8H,1-4H2,(H2,11,12,13). The molecule has 0 atom stereocenters. The minimum atomic E-state index is -0.0738. The Kier molecular flexibility index (Phi) is 3.03. The van der Waals surface area contributed by atoms with Crippen LogP contribution in [-0.2, 0) is 0 Å². The zero-order valence-electron chi connectivity index (χ0n) is 7.95. The molecule has 0 saturated heterocycles. The summed E-state index contributed by atoms with van der Waals surface area (Å²) in [5.74, 6) is 0. The van der Waals surface area contributed by atoms with Crippen molar-refractivity contribution >= 4 is 23.1 Å². The lowest BCUT2D eigenvalue weighted by atomic mass is 10.2. The van der Waals surface area contributed by atoms with E-state index < -0.39 is 0 Å². The van der Waals surface area contributed by atoms with Gasteiger partial charge in [0.25, 0.3) is 0 Å². The molecule has 0 aliphatic heterocycles. The largest absolute Gasteiger partial charge is 0.335 e. The van der Waals surface area contributed by atoms with Crippen LogP contribution in [0.15, 0.2) is 16.8 Å². The molecule has 0 aromatic carbocycles. The van der Waals surface area contributed by atoms with Crippen LogP contribution in [0.5, 0.6) is 0 Å². The molecule has 3 nitrogen and oxygen atoms in total. The summed E-state index contributed by atoms with van der Waals surface area (Å²) in [7, 11) is 0. The van der Waals surface area contributed by atoms with E-state index in [0.717, 1.165) is 18.5 Å². The van der Waals surface area contributed by atoms with Crippen molar-refractivity contribution in [3.63, 3.8) is 0 Å². The van der Waals surface area contributed by atoms with Crippen LogP contribution in [0.4, 0.5) is 10.5 Å². The summed E-state index contributed by atoms with van der Waals surface area (Å²) < 4.78 is 0. The molecule has 2 rings (SSSR count). The second-order valence-electron chi connectivity index (χ2n) is 3.59. The number of anilines is 1. The Balaban J connectivity index is 1.78. The van der Waals surface area contributed by atoms with Gasteiger partial charge in [-0.2, -0.15) is 11.3 Å². The minimum absolute atomic E-state index is 0.0738. The molecule has 14 heavy (non-hydrogen) atoms. The smallest absolute Gasteiger partial charge is 0.319 e. The molecule has 1 aromatic heterocycles. The third-order valence-corrected chi connectivity index (χ3v) is 3.15. The van der Waals surface area contributed by atoms with Gasteiger partial charge in [0, 0.05) is 11.4 Å². The van der Waals surface area contributed by atoms with Crippen LogP contribution >= 0.6 is 11.3 Å². The molecule has 1 fully saturated rings. The van der Waals surface area contributed by atoms with E-state index in [9.17, 15) is 4.79 Å². The van der Waals surface area contributed by atoms with E-state index >= 15 is 0 Å². The monoisotopic (exact) mass is 210 g/mol. The van der Waals surface area contributed by atoms with Crippen LogP contribution in [0.2, 0.25) is 0 Å². The molecule has 1 aromatic rings. The van der Waals surface area contributed by atoms with Crippen molar-refractivity contribution in [1.82, 2.24) is 5.32 Å². The zero-order valence-corrected chi connectivity index (χ0v) is 8.77. The number of thiophene rings is 1. The van der Waals surface area contributed by atoms with Crippen molar-refractivity contribution in [3.05, 3.63) is 16.8 Å². The van der Waals surface area contributed by atoms with Crippen molar-refractivity contribution < 1.29 is 4.79 Å². The van der Waals surface area contributed by atoms with Gasteiger partial charge in [-0.3, -0.25) is 0 Å². The molecule has 2 N–H and O–H groups in total. The highest BCUT2D eigenvalue weighted by Gasteiger charge is 2.16. The Morgan fingerprint density at radius 3 is 2.86 bits per heavy atom. The fourth-order valence-electron chi connectivity index (χ4n) is 1.76. The summed E-state index contributed by atoms with van der Waals surface area (Å²) >= 11 is 1.58. The average Bonchev–Trinajstić information content (AvgIpc) is 2.76. The van der Waals surface area contributed by atoms with Crippen molar-refractivity contribution in [2.24, 2.45) is 0 Å². The minimum Gasteiger partial charge on any atom is -0.335 e. The first kappa shape index (κ1) is 9.52. The lowest BCUT2D eigenvalue weighted by Gasteiger charge is -2.11. The molecule has 0 unspecified atom stereocenters. The Bertz CT molecular complexity index is 291. The van der Waals surface area contributed by atoms with Crippen molar-refractivity contribution in [2.45, 2.75) is 31.7 Å². The second kappa shape index (κ2) is 4.46. The number of nitrogens with one attached hydrogen (secondary N) is 2. The highest BCUT2D eigenvalue weighted by atomic mass is 32.1. The van der Waals surface area contributed by atoms with Gasteiger partial charge in [-0.25, -0.2) is 4.79 Å². The van der Waals surface area contributed by atoms with Crippen molar-refractivity contribution in [1.29, 1.82) is 0 Å². The maximum atomic E-state index is 11.4. The molecular formula is C10H14N2OS. The summed E-state index contributed by atoms with van der Waals surface area (Å²) in [6, 6.07) is 2.21. The van der Waals surface area contributed by atoms with Gasteiger partial charge in [-0.1, -0.05) is 12.8 Å². The highest BCUT2D eigenvalue weighted by molar-refractivity contribution is 7.08. The molecule has 1 heterocycles. The quantitative estimate of drug-likeness (QED) is 0.774. The number of carbonyl (C=O) groups is 1. The number of hydrogen-bond acceptors (Lipinski definition) is 2. The summed E-state index contributed by atoms with van der Waals surface area (Å²) in [6.45, 7) is 0. The molecule has 1 aliphatic carbocycles. The van der Waals surface area contributed by atoms with Crippen LogP contribution in [0.25, 0.3) is 0 Å². The number of hydrogen-bond donors (Lipinski definition) is 2. The fourth-order valence-corrected chi connectivity index (χ4v) is 2.35. The van der Waals surface area contributed by atoms with Crippen LogP contribution in [0.1, 0.15) is 25.7 Å². The van der Waals surface area contributed by atoms with Gasteiger partial charge in [0.1, 0.15) is 0 Å². The topological polar surface area (TPSA) is 41.1 Å². The molecule has 0 spiro atoms. The highest BCUT2D eigenvalue weighted by Crippen LogP contribution is 2.18. The number of urea groups is 1. The van der Waals surface area contributed by atoms with Gasteiger partial charge in [-0.05, 0) is 24.3 Å². The van der Waals surface area contributed by atoms with E-state index in [-0.39, 0.29) is 6.03 Å². The molecule has 1 aliphatic rings. The predicted octanol–water partition coefficient (Wildman–Crippen LogP) is 2.81. The first-order chi connectivity index (χ1) is 6.84. The molecule has 2 amide bonds. The van der Waals surface area contributed by atoms with Crippen LogP contribution in [0.3, 0.4) is 0 Å². The summed E-state index contributed by atoms with van der Waals surface area (Å²) in [6.07, 6.45) is 4.72. The average molecular weight is 210 g/mol. The number of rotatable bonds is 2. The van der Waals surface area contributed by atoms with Gasteiger partial charge in [0.15, 0.2) is 0 Å². The zero-order chi connectivity index (χ0) is 9.80. The van der Waals surface area contributed by atoms with Gasteiger partial charge < -0.3 is 10.6 Å². The van der Waals surface area contributed by atoms with E-state index in [1.807, 2.05) is 16.8 Å². The molecule has 0 radical (unpaired) electrons. The molecule has 0 bridgehead atoms. The first-order valence-electron chi connectivity index (χ1n) is 4.94. The van der Waals surface area contributed by atoms with Crippen molar-refractivity contribution in [3.8, 4) is 0 Å². The number of amides is 2. The molecular weight excluding hydrogens is 196 g/mol. The first-order valence-corrected chi connectivity index (χ1v) is 5.88. The summed E-state index contributed by atoms with van der Waals surface area (Å²) in [5, 5.41) is 9.66. The molecule has 76 valence electrons. The van der Waals surface area contributed by atoms with Gasteiger partial charge in [0.2, 0.25) is 0 Å². The third kappa shape index (κ3) is 2.48. The van der Waals surface area contributed by atoms with E-state index in [1.165, 1.54) is 12.8 Å². The van der Waals surface area contributed by atoms with E-state index in [2.05, 4.69) is 10.6 Å². The van der Waals surface area contributed by atoms with Gasteiger partial charge in [0.05, 0.1) is 5.69 Å². The third-order valence-electron chi connectivity index (χ3n) is 2.47. The van der Waals surface area contributed by atoms with Gasteiger partial charge >= 0.3 is 6.03 Å². The van der Waals surface area contributed by atoms with Crippen LogP contribution < -0.4 is 10.6 Å². The van der Waals surface area contributed by atoms with E-state index in [4.69, 9.17) is 0 Å². The van der Waals surface area contributed by atoms with Gasteiger partial charge in [-0.15, -0.1) is 0 Å². The van der Waals surface area contributed by atoms with Crippen LogP contribution in [-0.4, -0.2) is 12.1 Å². The Labute approximate surface area is 87.5 Å². The number of carbonyl (C=O) groups excluding carboxylic acids is 1. The predicted molar refractivity (Wildman–Crippen MR) is 58.7 cm³/mol. The fraction of sp³-hybridized carbons (Fsp3) is 0.500. The molecule has 4 heteroatoms. The molecule has 1 saturated carbocycles. The van der Waals surface area contributed by atoms with Crippen molar-refractivity contribution in [2.75, 3.05) is 5.32 Å². The Morgan fingerprint density at radius 1 is 1.43 bits per heavy atom. The Morgan fingerprint density at radius 2 is 2.21 bits per heavy atom. The lowest BCUT2D eigenvalue weighted by molar-refractivity contribution is 0.248. The van der Waals surface area contributed by atoms with E-state index in [1.54, 1.807) is 11.3 Å². The lowest BCUT2D eigenvalue weighted by Crippen LogP contribution is -2.35. The van der Waals surface area contributed by atoms with Crippen LogP contribution in [0, 0.1) is 0 Å². The SMILES string of the molecule is O=C(Nc1ccsc1)NC1CCCC1. The van der Waals surface area contributed by atoms with E-state index in [0.29, 0.717) is 6.04 Å². The summed E-state index contributed by atoms with van der Waals surface area (Å²) in [5.41, 5.74) is 0.880. The Hall–Kier alpha value is -1.03. The summed E-state index contributed by atoms with van der Waals surface area (Å²) in [4.78, 5) is 11.4. The maximum absolute atomic E-state index is 11.4.